The zero-order valence-electron chi connectivity index (χ0n) is 18.0. The second-order valence-electron chi connectivity index (χ2n) is 8.95. The number of aromatic nitrogens is 2. The number of rotatable bonds is 8. The molecule has 6 nitrogen and oxygen atoms in total. The maximum Gasteiger partial charge on any atom is 0.173 e. The van der Waals surface area contributed by atoms with Crippen LogP contribution in [-0.4, -0.2) is 34.7 Å². The number of likely N-dealkylation sites (tertiary alicyclic amines) is 1. The van der Waals surface area contributed by atoms with Crippen LogP contribution in [0.25, 0.3) is 11.0 Å². The van der Waals surface area contributed by atoms with E-state index < -0.39 is 0 Å². The molecule has 1 aromatic carbocycles. The third-order valence-electron chi connectivity index (χ3n) is 6.61. The van der Waals surface area contributed by atoms with Gasteiger partial charge in [0.2, 0.25) is 0 Å². The van der Waals surface area contributed by atoms with Gasteiger partial charge in [0.1, 0.15) is 16.8 Å². The van der Waals surface area contributed by atoms with Gasteiger partial charge in [-0.15, -0.1) is 11.3 Å². The van der Waals surface area contributed by atoms with Crippen molar-refractivity contribution in [2.24, 2.45) is 11.8 Å². The number of nitrogens with zero attached hydrogens (tertiary/aromatic N) is 4. The lowest BCUT2D eigenvalue weighted by atomic mass is 9.91. The van der Waals surface area contributed by atoms with Crippen molar-refractivity contribution in [3.05, 3.63) is 39.5 Å². The Kier molecular flexibility index (Phi) is 5.93. The molecule has 1 saturated carbocycles. The van der Waals surface area contributed by atoms with E-state index in [-0.39, 0.29) is 0 Å². The van der Waals surface area contributed by atoms with Crippen molar-refractivity contribution in [1.82, 2.24) is 15.0 Å². The molecular weight excluding hydrogens is 408 g/mol. The van der Waals surface area contributed by atoms with E-state index in [0.29, 0.717) is 5.69 Å². The first-order chi connectivity index (χ1) is 15.2. The number of fused-ring (bicyclic) bond motifs is 1. The maximum atomic E-state index is 8.93. The lowest BCUT2D eigenvalue weighted by molar-refractivity contribution is 0.172. The first-order valence-corrected chi connectivity index (χ1v) is 12.1. The van der Waals surface area contributed by atoms with E-state index in [0.717, 1.165) is 83.9 Å². The van der Waals surface area contributed by atoms with Gasteiger partial charge in [-0.25, -0.2) is 4.98 Å². The summed E-state index contributed by atoms with van der Waals surface area (Å²) in [4.78, 5) is 6.82. The minimum atomic E-state index is 0.534. The zero-order chi connectivity index (χ0) is 21.2. The van der Waals surface area contributed by atoms with Gasteiger partial charge in [0.15, 0.2) is 11.3 Å². The molecular formula is C24H28N4O2S. The average molecular weight is 437 g/mol. The molecule has 2 fully saturated rings. The van der Waals surface area contributed by atoms with Crippen molar-refractivity contribution in [3.63, 3.8) is 0 Å². The minimum Gasteiger partial charge on any atom is -0.493 e. The molecule has 0 atom stereocenters. The van der Waals surface area contributed by atoms with Gasteiger partial charge in [0.25, 0.3) is 0 Å². The van der Waals surface area contributed by atoms with Gasteiger partial charge in [-0.1, -0.05) is 5.16 Å². The second kappa shape index (κ2) is 8.97. The Hall–Kier alpha value is -2.43. The van der Waals surface area contributed by atoms with E-state index in [4.69, 9.17) is 14.5 Å². The third-order valence-corrected chi connectivity index (χ3v) is 7.44. The molecule has 3 aromatic rings. The fourth-order valence-electron chi connectivity index (χ4n) is 4.40. The van der Waals surface area contributed by atoms with Gasteiger partial charge in [-0.2, -0.15) is 5.26 Å². The molecule has 0 spiro atoms. The molecule has 1 aliphatic heterocycles. The molecule has 2 aliphatic rings. The van der Waals surface area contributed by atoms with Crippen LogP contribution in [0.2, 0.25) is 0 Å². The summed E-state index contributed by atoms with van der Waals surface area (Å²) in [6.45, 7) is 5.92. The van der Waals surface area contributed by atoms with E-state index >= 15 is 0 Å². The maximum absolute atomic E-state index is 8.93. The Bertz CT molecular complexity index is 1090. The van der Waals surface area contributed by atoms with Crippen LogP contribution in [0.4, 0.5) is 0 Å². The molecule has 31 heavy (non-hydrogen) atoms. The first kappa shape index (κ1) is 20.5. The summed E-state index contributed by atoms with van der Waals surface area (Å²) in [5, 5.41) is 17.3. The van der Waals surface area contributed by atoms with Gasteiger partial charge in [0.05, 0.1) is 18.8 Å². The molecule has 162 valence electrons. The standard InChI is InChI=1S/C24H28N4O2S/c1-16-22(29-14-18-2-3-18)7-5-20-21(27-30-24(16)20)6-4-17-8-10-28(11-9-17)13-23-26-19(12-25)15-31-23/h5,7,15,17-18H,2-4,6,8-11,13-14H2,1H3. The molecule has 0 bridgehead atoms. The Morgan fingerprint density at radius 1 is 1.23 bits per heavy atom. The lowest BCUT2D eigenvalue weighted by Crippen LogP contribution is -2.33. The molecule has 5 rings (SSSR count). The summed E-state index contributed by atoms with van der Waals surface area (Å²) in [5.74, 6) is 2.39. The number of piperidine rings is 1. The average Bonchev–Trinajstić information content (AvgIpc) is 3.35. The van der Waals surface area contributed by atoms with Crippen LogP contribution in [0.5, 0.6) is 5.75 Å². The summed E-state index contributed by atoms with van der Waals surface area (Å²) in [5.41, 5.74) is 3.54. The van der Waals surface area contributed by atoms with Crippen LogP contribution < -0.4 is 4.74 Å². The number of thiazole rings is 1. The highest BCUT2D eigenvalue weighted by Gasteiger charge is 2.24. The normalized spacial score (nSPS) is 17.8. The van der Waals surface area contributed by atoms with E-state index in [2.05, 4.69) is 40.2 Å². The summed E-state index contributed by atoms with van der Waals surface area (Å²) < 4.78 is 11.7. The third kappa shape index (κ3) is 4.76. The Balaban J connectivity index is 1.13. The molecule has 7 heteroatoms. The fourth-order valence-corrected chi connectivity index (χ4v) is 5.16. The number of aryl methyl sites for hydroxylation is 2. The van der Waals surface area contributed by atoms with Gasteiger partial charge in [-0.05, 0) is 82.5 Å². The molecule has 1 saturated heterocycles. The van der Waals surface area contributed by atoms with Crippen molar-refractivity contribution in [2.45, 2.75) is 52.0 Å². The van der Waals surface area contributed by atoms with Crippen molar-refractivity contribution in [2.75, 3.05) is 19.7 Å². The van der Waals surface area contributed by atoms with Crippen LogP contribution in [0, 0.1) is 30.1 Å². The first-order valence-electron chi connectivity index (χ1n) is 11.3. The highest BCUT2D eigenvalue weighted by molar-refractivity contribution is 7.09. The summed E-state index contributed by atoms with van der Waals surface area (Å²) in [7, 11) is 0. The van der Waals surface area contributed by atoms with Gasteiger partial charge >= 0.3 is 0 Å². The predicted octanol–water partition coefficient (Wildman–Crippen LogP) is 5.10. The van der Waals surface area contributed by atoms with E-state index in [9.17, 15) is 0 Å². The topological polar surface area (TPSA) is 75.2 Å². The molecule has 0 unspecified atom stereocenters. The van der Waals surface area contributed by atoms with Crippen molar-refractivity contribution in [3.8, 4) is 11.8 Å². The number of ether oxygens (including phenoxy) is 1. The van der Waals surface area contributed by atoms with E-state index in [1.54, 1.807) is 11.3 Å². The quantitative estimate of drug-likeness (QED) is 0.489. The molecule has 0 N–H and O–H groups in total. The Morgan fingerprint density at radius 2 is 2.06 bits per heavy atom. The van der Waals surface area contributed by atoms with Crippen LogP contribution in [0.3, 0.4) is 0 Å². The summed E-state index contributed by atoms with van der Waals surface area (Å²) in [6, 6.07) is 6.31. The monoisotopic (exact) mass is 436 g/mol. The summed E-state index contributed by atoms with van der Waals surface area (Å²) >= 11 is 1.58. The number of hydrogen-bond donors (Lipinski definition) is 0. The molecule has 0 radical (unpaired) electrons. The van der Waals surface area contributed by atoms with Crippen LogP contribution in [0.15, 0.2) is 22.0 Å². The number of benzene rings is 1. The Labute approximate surface area is 186 Å². The van der Waals surface area contributed by atoms with Gasteiger partial charge in [-0.3, -0.25) is 4.90 Å². The molecule has 3 heterocycles. The van der Waals surface area contributed by atoms with Crippen molar-refractivity contribution < 1.29 is 9.26 Å². The highest BCUT2D eigenvalue weighted by atomic mass is 32.1. The van der Waals surface area contributed by atoms with Gasteiger partial charge < -0.3 is 9.26 Å². The SMILES string of the molecule is Cc1c(OCC2CC2)ccc2c(CCC3CCN(Cc4nc(C#N)cs4)CC3)noc12. The number of nitriles is 1. The number of hydrogen-bond acceptors (Lipinski definition) is 7. The minimum absolute atomic E-state index is 0.534. The second-order valence-corrected chi connectivity index (χ2v) is 9.89. The smallest absolute Gasteiger partial charge is 0.173 e. The van der Waals surface area contributed by atoms with Crippen LogP contribution in [-0.2, 0) is 13.0 Å². The van der Waals surface area contributed by atoms with Crippen LogP contribution >= 0.6 is 11.3 Å². The van der Waals surface area contributed by atoms with Crippen molar-refractivity contribution >= 4 is 22.3 Å². The Morgan fingerprint density at radius 3 is 2.81 bits per heavy atom. The van der Waals surface area contributed by atoms with E-state index in [1.165, 1.54) is 25.7 Å². The lowest BCUT2D eigenvalue weighted by Gasteiger charge is -2.31. The zero-order valence-corrected chi connectivity index (χ0v) is 18.8. The largest absolute Gasteiger partial charge is 0.493 e. The predicted molar refractivity (Wildman–Crippen MR) is 120 cm³/mol. The van der Waals surface area contributed by atoms with Crippen molar-refractivity contribution in [1.29, 1.82) is 5.26 Å². The van der Waals surface area contributed by atoms with Crippen LogP contribution in [0.1, 0.15) is 54.1 Å². The van der Waals surface area contributed by atoms with Gasteiger partial charge in [0, 0.05) is 16.3 Å². The summed E-state index contributed by atoms with van der Waals surface area (Å²) in [6.07, 6.45) is 7.08. The van der Waals surface area contributed by atoms with E-state index in [1.807, 2.05) is 5.38 Å². The highest BCUT2D eigenvalue weighted by Crippen LogP contribution is 2.34. The molecule has 2 aromatic heterocycles. The fraction of sp³-hybridized carbons (Fsp3) is 0.542. The molecule has 0 amide bonds. The molecule has 1 aliphatic carbocycles.